The van der Waals surface area contributed by atoms with Crippen LogP contribution in [-0.2, 0) is 73.7 Å². The van der Waals surface area contributed by atoms with E-state index in [1.807, 2.05) is 0 Å². The monoisotopic (exact) mass is 1890 g/mol. The van der Waals surface area contributed by atoms with Gasteiger partial charge in [-0.1, -0.05) is 588 Å². The van der Waals surface area contributed by atoms with E-state index in [0.29, 0.717) is 25.7 Å². The molecule has 0 heterocycles. The minimum absolute atomic E-state index is 0. The summed E-state index contributed by atoms with van der Waals surface area (Å²) in [5, 5.41) is 34.0. The smallest absolute Gasteiger partial charge is 0.481 e. The van der Waals surface area contributed by atoms with Gasteiger partial charge in [0.05, 0.1) is 0 Å². The Bertz CT molecular complexity index is 1890. The van der Waals surface area contributed by atoms with Crippen molar-refractivity contribution in [1.29, 1.82) is 0 Å². The quantitative estimate of drug-likeness (QED) is 0.0328. The van der Waals surface area contributed by atoms with Crippen molar-refractivity contribution >= 4 is 49.1 Å². The molecular formula is C112H221BO14Zr. The number of carboxylic acid groups (broad SMARTS) is 4. The van der Waals surface area contributed by atoms with Crippen LogP contribution in [0.25, 0.3) is 0 Å². The predicted molar refractivity (Wildman–Crippen MR) is 547 cm³/mol. The van der Waals surface area contributed by atoms with Crippen LogP contribution in [0.3, 0.4) is 0 Å². The third-order valence-electron chi connectivity index (χ3n) is 25.1. The van der Waals surface area contributed by atoms with E-state index in [9.17, 15) is 33.6 Å². The van der Waals surface area contributed by atoms with Gasteiger partial charge in [0, 0.05) is 71.1 Å². The van der Waals surface area contributed by atoms with Crippen LogP contribution in [0.15, 0.2) is 0 Å². The van der Waals surface area contributed by atoms with Crippen LogP contribution in [0.2, 0.25) is 0 Å². The molecule has 0 radical (unpaired) electrons. The average Bonchev–Trinajstić information content (AvgIpc) is 0.922. The van der Waals surface area contributed by atoms with E-state index in [1.54, 1.807) is 0 Å². The minimum atomic E-state index is -1.58. The fourth-order valence-electron chi connectivity index (χ4n) is 16.6. The third kappa shape index (κ3) is 141. The molecule has 0 fully saturated rings. The molecule has 0 amide bonds. The molecule has 0 aliphatic carbocycles. The molecule has 0 bridgehead atoms. The molecule has 0 aliphatic heterocycles. The van der Waals surface area contributed by atoms with Crippen LogP contribution in [0.5, 0.6) is 0 Å². The zero-order valence-electron chi connectivity index (χ0n) is 86.7. The Morgan fingerprint density at radius 2 is 0.219 bits per heavy atom. The van der Waals surface area contributed by atoms with E-state index in [2.05, 4.69) is 48.5 Å². The summed E-state index contributed by atoms with van der Waals surface area (Å²) in [4.78, 5) is 79.3. The van der Waals surface area contributed by atoms with Crippen molar-refractivity contribution in [1.82, 2.24) is 0 Å². The molecule has 760 valence electrons. The summed E-state index contributed by atoms with van der Waals surface area (Å²) >= 11 is 0. The fourth-order valence-corrected chi connectivity index (χ4v) is 16.6. The third-order valence-corrected chi connectivity index (χ3v) is 25.1. The molecule has 0 saturated carbocycles. The van der Waals surface area contributed by atoms with E-state index in [4.69, 9.17) is 34.4 Å². The Labute approximate surface area is 815 Å². The van der Waals surface area contributed by atoms with Crippen molar-refractivity contribution in [2.75, 3.05) is 0 Å². The van der Waals surface area contributed by atoms with Crippen molar-refractivity contribution in [3.05, 3.63) is 0 Å². The van der Waals surface area contributed by atoms with Crippen molar-refractivity contribution in [2.45, 2.75) is 678 Å². The molecule has 0 atom stereocenters. The van der Waals surface area contributed by atoms with Crippen LogP contribution < -0.4 is 0 Å². The van der Waals surface area contributed by atoms with Crippen LogP contribution in [0, 0.1) is 0 Å². The van der Waals surface area contributed by atoms with Gasteiger partial charge in [-0.15, -0.1) is 0 Å². The molecule has 0 unspecified atom stereocenters. The first-order chi connectivity index (χ1) is 62.1. The fraction of sp³-hybridized carbons (Fsp3) is 0.938. The Morgan fingerprint density at radius 1 is 0.141 bits per heavy atom. The van der Waals surface area contributed by atoms with Crippen LogP contribution in [0.1, 0.15) is 678 Å². The van der Waals surface area contributed by atoms with Crippen LogP contribution in [0.4, 0.5) is 0 Å². The topological polar surface area (TPSA) is 228 Å². The first-order valence-electron chi connectivity index (χ1n) is 56.6. The van der Waals surface area contributed by atoms with E-state index < -0.39 is 49.1 Å². The van der Waals surface area contributed by atoms with E-state index in [-0.39, 0.29) is 45.5 Å². The molecule has 0 aromatic rings. The first kappa shape index (κ1) is 136. The zero-order valence-corrected chi connectivity index (χ0v) is 89.2. The molecule has 0 aliphatic rings. The van der Waals surface area contributed by atoms with Crippen LogP contribution >= 0.6 is 0 Å². The Morgan fingerprint density at radius 3 is 0.305 bits per heavy atom. The molecule has 0 saturated heterocycles. The number of carboxylic acids is 4. The largest absolute Gasteiger partial charge is 0.870 e. The maximum absolute atomic E-state index is 12.7. The Hall–Kier alpha value is -2.76. The summed E-state index contributed by atoms with van der Waals surface area (Å²) in [6.45, 7) is 15.8. The second-order valence-corrected chi connectivity index (χ2v) is 38.3. The standard InChI is InChI=1S/C48H93BO6.4C16H32O2.Zr/c1-4-7-10-13-16-19-22-25-28-31-34-37-40-43-46(50)53-49(54-47(51)44-41-38-35-32-29-26-23-20-17-14-11-8-5-2)55-48(52)45-42-39-36-33-30-27-24-21-18-15-12-9-6-3;4*1-2-3-4-5-6-7-8-9-10-11-12-13-14-15-16(17)18;/h4-45H2,1-3H3;4*2-15H2,1H3,(H,17,18);. The molecule has 0 spiro atoms. The van der Waals surface area contributed by atoms with Gasteiger partial charge in [0.15, 0.2) is 0 Å². The SMILES string of the molecule is CCCCCCCCCCCCCCCC(=O)O.CCCCCCCCCCCCCCCC(=O)O.CCCCCCCCCCCCCCCC(=O)O.CCCCCCCCCCCCCCCC(=O)O.CCCCCCCCCCCCCCCC(=O)OB(OC(=O)CCCCCCCCCCCCCCC)OC(=O)CCCCCCCCCCCCCCC.[Zr]. The molecule has 14 nitrogen and oxygen atoms in total. The summed E-state index contributed by atoms with van der Waals surface area (Å²) in [7, 11) is -1.58. The number of carbonyl (C=O) groups is 7. The Kier molecular flexibility index (Phi) is 134. The van der Waals surface area contributed by atoms with Crippen LogP contribution in [-0.4, -0.2) is 69.5 Å². The van der Waals surface area contributed by atoms with Crippen molar-refractivity contribution in [3.63, 3.8) is 0 Å². The van der Waals surface area contributed by atoms with Gasteiger partial charge in [-0.3, -0.25) is 33.6 Å². The summed E-state index contributed by atoms with van der Waals surface area (Å²) in [5.41, 5.74) is 0. The number of hydrogen-bond acceptors (Lipinski definition) is 10. The summed E-state index contributed by atoms with van der Waals surface area (Å²) in [5.74, 6) is -4.05. The molecule has 0 rings (SSSR count). The first-order valence-corrected chi connectivity index (χ1v) is 56.6. The maximum atomic E-state index is 12.7. The molecule has 128 heavy (non-hydrogen) atoms. The van der Waals surface area contributed by atoms with Crippen molar-refractivity contribution in [2.24, 2.45) is 0 Å². The normalized spacial score (nSPS) is 10.8. The molecule has 0 aromatic heterocycles. The van der Waals surface area contributed by atoms with Gasteiger partial charge in [-0.25, -0.2) is 0 Å². The number of hydrogen-bond donors (Lipinski definition) is 4. The minimum Gasteiger partial charge on any atom is -0.481 e. The van der Waals surface area contributed by atoms with Gasteiger partial charge in [0.1, 0.15) is 0 Å². The second kappa shape index (κ2) is 126. The maximum Gasteiger partial charge on any atom is 0.870 e. The zero-order chi connectivity index (χ0) is 94.0. The molecule has 16 heteroatoms. The van der Waals surface area contributed by atoms with Crippen molar-refractivity contribution < 1.29 is 94.2 Å². The second-order valence-electron chi connectivity index (χ2n) is 38.3. The molecule has 0 aromatic carbocycles. The number of unbranched alkanes of at least 4 members (excludes halogenated alkanes) is 84. The van der Waals surface area contributed by atoms with E-state index >= 15 is 0 Å². The number of carbonyl (C=O) groups excluding carboxylic acids is 3. The van der Waals surface area contributed by atoms with Crippen molar-refractivity contribution in [3.8, 4) is 0 Å². The summed E-state index contributed by atoms with van der Waals surface area (Å²) in [6, 6.07) is 0. The van der Waals surface area contributed by atoms with Gasteiger partial charge >= 0.3 is 31.2 Å². The average molecular weight is 1890 g/mol. The van der Waals surface area contributed by atoms with E-state index in [0.717, 1.165) is 109 Å². The van der Waals surface area contributed by atoms with Gasteiger partial charge in [-0.05, 0) is 44.9 Å². The molecular weight excluding hydrogens is 1670 g/mol. The predicted octanol–water partition coefficient (Wildman–Crippen LogP) is 38.3. The summed E-state index contributed by atoms with van der Waals surface area (Å²) in [6.07, 6.45) is 118. The molecule has 4 N–H and O–H groups in total. The Balaban J connectivity index is -0.000000414. The van der Waals surface area contributed by atoms with Gasteiger partial charge in [-0.2, -0.15) is 0 Å². The number of rotatable bonds is 101. The van der Waals surface area contributed by atoms with Gasteiger partial charge in [0.25, 0.3) is 17.9 Å². The van der Waals surface area contributed by atoms with Gasteiger partial charge in [0.2, 0.25) is 0 Å². The number of aliphatic carboxylic acids is 4. The van der Waals surface area contributed by atoms with Gasteiger partial charge < -0.3 is 34.4 Å². The summed E-state index contributed by atoms with van der Waals surface area (Å²) < 4.78 is 16.2. The van der Waals surface area contributed by atoms with E-state index in [1.165, 1.54) is 475 Å².